The highest BCUT2D eigenvalue weighted by Gasteiger charge is 2.28. The summed E-state index contributed by atoms with van der Waals surface area (Å²) in [5, 5.41) is 14.8. The molecule has 2 rings (SSSR count). The Bertz CT molecular complexity index is 646. The molecule has 0 bridgehead atoms. The Hall–Kier alpha value is -1.28. The second-order valence-electron chi connectivity index (χ2n) is 5.16. The predicted molar refractivity (Wildman–Crippen MR) is 84.8 cm³/mol. The maximum absolute atomic E-state index is 11.5. The third-order valence-corrected chi connectivity index (χ3v) is 5.97. The van der Waals surface area contributed by atoms with Gasteiger partial charge < -0.3 is 5.32 Å². The molecule has 1 aliphatic rings. The minimum absolute atomic E-state index is 0.0346. The monoisotopic (exact) mass is 330 g/mol. The highest BCUT2D eigenvalue weighted by atomic mass is 32.2. The molecule has 1 N–H and O–H groups in total. The van der Waals surface area contributed by atoms with Gasteiger partial charge in [-0.3, -0.25) is 10.1 Å². The van der Waals surface area contributed by atoms with Crippen molar-refractivity contribution in [2.24, 2.45) is 0 Å². The van der Waals surface area contributed by atoms with Gasteiger partial charge in [-0.15, -0.1) is 0 Å². The van der Waals surface area contributed by atoms with Gasteiger partial charge in [-0.2, -0.15) is 11.8 Å². The lowest BCUT2D eigenvalue weighted by Crippen LogP contribution is -2.26. The minimum atomic E-state index is -3.45. The lowest BCUT2D eigenvalue weighted by atomic mass is 10.2. The number of nitrogens with zero attached hydrogens (tertiary/aromatic N) is 1. The van der Waals surface area contributed by atoms with Crippen molar-refractivity contribution in [3.63, 3.8) is 0 Å². The zero-order chi connectivity index (χ0) is 15.6. The average Bonchev–Trinajstić information content (AvgIpc) is 2.84. The molecule has 1 saturated carbocycles. The second kappa shape index (κ2) is 6.23. The van der Waals surface area contributed by atoms with E-state index in [-0.39, 0.29) is 16.6 Å². The molecule has 0 aromatic heterocycles. The van der Waals surface area contributed by atoms with Crippen molar-refractivity contribution in [3.05, 3.63) is 28.3 Å². The first-order valence-electron chi connectivity index (χ1n) is 6.60. The highest BCUT2D eigenvalue weighted by molar-refractivity contribution is 7.99. The summed E-state index contributed by atoms with van der Waals surface area (Å²) in [7, 11) is -3.45. The number of thioether (sulfide) groups is 1. The van der Waals surface area contributed by atoms with Gasteiger partial charge in [0.15, 0.2) is 9.84 Å². The number of benzene rings is 1. The molecular weight excluding hydrogens is 312 g/mol. The van der Waals surface area contributed by atoms with Gasteiger partial charge in [0.2, 0.25) is 0 Å². The number of rotatable bonds is 5. The summed E-state index contributed by atoms with van der Waals surface area (Å²) in [6, 6.07) is 4.21. The van der Waals surface area contributed by atoms with Crippen molar-refractivity contribution in [1.82, 2.24) is 0 Å². The molecule has 1 aliphatic carbocycles. The molecular formula is C13H18N2O4S2. The summed E-state index contributed by atoms with van der Waals surface area (Å²) in [5.41, 5.74) is 0.197. The minimum Gasteiger partial charge on any atom is -0.376 e. The summed E-state index contributed by atoms with van der Waals surface area (Å²) in [4.78, 5) is 10.6. The predicted octanol–water partition coefficient (Wildman–Crippen LogP) is 2.69. The maximum Gasteiger partial charge on any atom is 0.293 e. The van der Waals surface area contributed by atoms with E-state index in [1.54, 1.807) is 11.8 Å². The number of anilines is 1. The number of hydrogen-bond donors (Lipinski definition) is 1. The molecule has 0 aliphatic heterocycles. The number of nitrogens with one attached hydrogen (secondary N) is 1. The van der Waals surface area contributed by atoms with Gasteiger partial charge in [0, 0.05) is 23.6 Å². The number of hydrogen-bond acceptors (Lipinski definition) is 6. The molecule has 6 nitrogen and oxygen atoms in total. The Balaban J connectivity index is 2.33. The van der Waals surface area contributed by atoms with Crippen molar-refractivity contribution in [2.75, 3.05) is 17.8 Å². The van der Waals surface area contributed by atoms with E-state index < -0.39 is 14.8 Å². The van der Waals surface area contributed by atoms with E-state index in [0.29, 0.717) is 10.9 Å². The van der Waals surface area contributed by atoms with Crippen molar-refractivity contribution in [2.45, 2.75) is 35.4 Å². The molecule has 2 atom stereocenters. The lowest BCUT2D eigenvalue weighted by molar-refractivity contribution is -0.384. The molecule has 0 saturated heterocycles. The molecule has 1 aromatic carbocycles. The van der Waals surface area contributed by atoms with Crippen LogP contribution in [0.4, 0.5) is 11.4 Å². The van der Waals surface area contributed by atoms with Gasteiger partial charge in [-0.25, -0.2) is 8.42 Å². The molecule has 0 spiro atoms. The lowest BCUT2D eigenvalue weighted by Gasteiger charge is -2.20. The molecule has 0 amide bonds. The van der Waals surface area contributed by atoms with E-state index in [0.717, 1.165) is 31.6 Å². The van der Waals surface area contributed by atoms with Crippen LogP contribution in [0.1, 0.15) is 19.3 Å². The van der Waals surface area contributed by atoms with Crippen molar-refractivity contribution >= 4 is 33.0 Å². The van der Waals surface area contributed by atoms with E-state index in [2.05, 4.69) is 5.32 Å². The average molecular weight is 330 g/mol. The summed E-state index contributed by atoms with van der Waals surface area (Å²) >= 11 is 1.75. The SMILES string of the molecule is CSC1CCCC1Nc1ccc(S(C)(=O)=O)cc1[N+](=O)[O-]. The van der Waals surface area contributed by atoms with Gasteiger partial charge >= 0.3 is 0 Å². The third-order valence-electron chi connectivity index (χ3n) is 3.69. The van der Waals surface area contributed by atoms with E-state index in [9.17, 15) is 18.5 Å². The van der Waals surface area contributed by atoms with Crippen LogP contribution < -0.4 is 5.32 Å². The van der Waals surface area contributed by atoms with Crippen LogP contribution in [0.15, 0.2) is 23.1 Å². The number of nitro groups is 1. The summed E-state index contributed by atoms with van der Waals surface area (Å²) in [6.45, 7) is 0. The van der Waals surface area contributed by atoms with Gasteiger partial charge in [0.25, 0.3) is 5.69 Å². The molecule has 116 valence electrons. The van der Waals surface area contributed by atoms with Gasteiger partial charge in [0.1, 0.15) is 5.69 Å². The largest absolute Gasteiger partial charge is 0.376 e. The van der Waals surface area contributed by atoms with Crippen LogP contribution in [0.3, 0.4) is 0 Å². The van der Waals surface area contributed by atoms with Crippen LogP contribution >= 0.6 is 11.8 Å². The fourth-order valence-corrected chi connectivity index (χ4v) is 4.16. The first-order chi connectivity index (χ1) is 9.82. The Labute approximate surface area is 128 Å². The first-order valence-corrected chi connectivity index (χ1v) is 9.78. The van der Waals surface area contributed by atoms with Crippen LogP contribution in [-0.4, -0.2) is 37.1 Å². The van der Waals surface area contributed by atoms with Crippen LogP contribution in [0, 0.1) is 10.1 Å². The van der Waals surface area contributed by atoms with Crippen LogP contribution in [0.2, 0.25) is 0 Å². The molecule has 1 fully saturated rings. The van der Waals surface area contributed by atoms with Crippen LogP contribution in [0.5, 0.6) is 0 Å². The normalized spacial score (nSPS) is 22.2. The van der Waals surface area contributed by atoms with Crippen molar-refractivity contribution in [1.29, 1.82) is 0 Å². The molecule has 1 aromatic rings. The Morgan fingerprint density at radius 1 is 1.38 bits per heavy atom. The summed E-state index contributed by atoms with van der Waals surface area (Å²) < 4.78 is 23.0. The third kappa shape index (κ3) is 3.68. The molecule has 0 heterocycles. The fraction of sp³-hybridized carbons (Fsp3) is 0.538. The zero-order valence-electron chi connectivity index (χ0n) is 11.9. The topological polar surface area (TPSA) is 89.3 Å². The molecule has 21 heavy (non-hydrogen) atoms. The summed E-state index contributed by atoms with van der Waals surface area (Å²) in [5.74, 6) is 0. The maximum atomic E-state index is 11.5. The highest BCUT2D eigenvalue weighted by Crippen LogP contribution is 2.34. The van der Waals surface area contributed by atoms with Crippen LogP contribution in [-0.2, 0) is 9.84 Å². The van der Waals surface area contributed by atoms with Gasteiger partial charge in [-0.1, -0.05) is 6.42 Å². The van der Waals surface area contributed by atoms with Crippen LogP contribution in [0.25, 0.3) is 0 Å². The van der Waals surface area contributed by atoms with Gasteiger partial charge in [-0.05, 0) is 31.2 Å². The molecule has 8 heteroatoms. The Kier molecular flexibility index (Phi) is 4.77. The van der Waals surface area contributed by atoms with E-state index in [4.69, 9.17) is 0 Å². The van der Waals surface area contributed by atoms with E-state index >= 15 is 0 Å². The standard InChI is InChI=1S/C13H18N2O4S2/c1-20-13-5-3-4-11(13)14-10-7-6-9(21(2,18)19)8-12(10)15(16)17/h6-8,11,13-14H,3-5H2,1-2H3. The van der Waals surface area contributed by atoms with Crippen molar-refractivity contribution in [3.8, 4) is 0 Å². The second-order valence-corrected chi connectivity index (χ2v) is 8.26. The molecule has 0 radical (unpaired) electrons. The fourth-order valence-electron chi connectivity index (χ4n) is 2.59. The quantitative estimate of drug-likeness (QED) is 0.659. The first kappa shape index (κ1) is 16.1. The number of sulfone groups is 1. The Morgan fingerprint density at radius 3 is 2.67 bits per heavy atom. The zero-order valence-corrected chi connectivity index (χ0v) is 13.5. The Morgan fingerprint density at radius 2 is 2.10 bits per heavy atom. The number of nitro benzene ring substituents is 1. The smallest absolute Gasteiger partial charge is 0.293 e. The molecule has 2 unspecified atom stereocenters. The van der Waals surface area contributed by atoms with Gasteiger partial charge in [0.05, 0.1) is 9.82 Å². The van der Waals surface area contributed by atoms with Crippen molar-refractivity contribution < 1.29 is 13.3 Å². The van der Waals surface area contributed by atoms with E-state index in [1.165, 1.54) is 12.1 Å². The summed E-state index contributed by atoms with van der Waals surface area (Å²) in [6.07, 6.45) is 6.23. The van der Waals surface area contributed by atoms with E-state index in [1.807, 2.05) is 6.26 Å².